The molecule has 1 aliphatic heterocycles. The van der Waals surface area contributed by atoms with Crippen molar-refractivity contribution >= 4 is 11.3 Å². The van der Waals surface area contributed by atoms with Gasteiger partial charge in [-0.05, 0) is 38.8 Å². The van der Waals surface area contributed by atoms with Crippen molar-refractivity contribution < 1.29 is 5.11 Å². The fourth-order valence-electron chi connectivity index (χ4n) is 2.91. The summed E-state index contributed by atoms with van der Waals surface area (Å²) in [5.41, 5.74) is 1.20. The highest BCUT2D eigenvalue weighted by atomic mass is 32.1. The lowest BCUT2D eigenvalue weighted by Gasteiger charge is -2.32. The topological polar surface area (TPSA) is 36.4 Å². The number of hydrogen-bond acceptors (Lipinski definition) is 4. The molecule has 1 saturated heterocycles. The van der Waals surface area contributed by atoms with Crippen molar-refractivity contribution in [3.05, 3.63) is 41.4 Å². The first-order valence-corrected chi connectivity index (χ1v) is 8.44. The minimum atomic E-state index is -0.166. The second kappa shape index (κ2) is 6.69. The number of benzene rings is 1. The van der Waals surface area contributed by atoms with Gasteiger partial charge in [0, 0.05) is 23.2 Å². The Bertz CT molecular complexity index is 559. The van der Waals surface area contributed by atoms with Crippen molar-refractivity contribution in [3.8, 4) is 10.6 Å². The molecule has 4 heteroatoms. The number of nitrogens with zero attached hydrogens (tertiary/aromatic N) is 2. The zero-order valence-corrected chi connectivity index (χ0v) is 13.2. The molecule has 21 heavy (non-hydrogen) atoms. The Morgan fingerprint density at radius 3 is 2.67 bits per heavy atom. The Labute approximate surface area is 130 Å². The molecule has 1 aromatic heterocycles. The summed E-state index contributed by atoms with van der Waals surface area (Å²) in [5, 5.41) is 10.8. The molecule has 0 amide bonds. The van der Waals surface area contributed by atoms with Crippen molar-refractivity contribution in [2.45, 2.75) is 32.4 Å². The molecule has 1 N–H and O–H groups in total. The molecule has 3 nitrogen and oxygen atoms in total. The molecule has 0 saturated carbocycles. The van der Waals surface area contributed by atoms with E-state index >= 15 is 0 Å². The maximum absolute atomic E-state index is 9.66. The summed E-state index contributed by atoms with van der Waals surface area (Å²) >= 11 is 1.78. The molecule has 0 spiro atoms. The van der Waals surface area contributed by atoms with Crippen LogP contribution in [0.15, 0.2) is 36.5 Å². The minimum absolute atomic E-state index is 0.166. The normalized spacial score (nSPS) is 18.8. The van der Waals surface area contributed by atoms with Gasteiger partial charge in [-0.1, -0.05) is 30.3 Å². The van der Waals surface area contributed by atoms with Gasteiger partial charge in [-0.2, -0.15) is 0 Å². The number of thiazole rings is 1. The molecule has 1 aromatic carbocycles. The van der Waals surface area contributed by atoms with Crippen LogP contribution in [0.25, 0.3) is 10.6 Å². The number of aliphatic hydroxyl groups excluding tert-OH is 1. The minimum Gasteiger partial charge on any atom is -0.393 e. The average molecular weight is 302 g/mol. The largest absolute Gasteiger partial charge is 0.393 e. The van der Waals surface area contributed by atoms with Crippen molar-refractivity contribution in [1.29, 1.82) is 0 Å². The van der Waals surface area contributed by atoms with Gasteiger partial charge in [0.25, 0.3) is 0 Å². The van der Waals surface area contributed by atoms with Crippen LogP contribution >= 0.6 is 11.3 Å². The van der Waals surface area contributed by atoms with Gasteiger partial charge in [-0.15, -0.1) is 11.3 Å². The molecule has 0 aliphatic carbocycles. The lowest BCUT2D eigenvalue weighted by molar-refractivity contribution is 0.0698. The number of aliphatic hydroxyl groups is 1. The molecular formula is C17H22N2OS. The third-order valence-corrected chi connectivity index (χ3v) is 5.30. The fraction of sp³-hybridized carbons (Fsp3) is 0.471. The maximum Gasteiger partial charge on any atom is 0.123 e. The first-order valence-electron chi connectivity index (χ1n) is 7.63. The highest BCUT2D eigenvalue weighted by Gasteiger charge is 2.22. The van der Waals surface area contributed by atoms with Crippen LogP contribution in [-0.4, -0.2) is 34.2 Å². The van der Waals surface area contributed by atoms with E-state index in [1.54, 1.807) is 11.3 Å². The summed E-state index contributed by atoms with van der Waals surface area (Å²) in [6.07, 6.45) is 4.04. The Morgan fingerprint density at radius 1 is 1.29 bits per heavy atom. The predicted molar refractivity (Wildman–Crippen MR) is 87.2 cm³/mol. The van der Waals surface area contributed by atoms with Gasteiger partial charge < -0.3 is 5.11 Å². The predicted octanol–water partition coefficient (Wildman–Crippen LogP) is 3.40. The number of aromatic nitrogens is 1. The van der Waals surface area contributed by atoms with Crippen LogP contribution in [0.3, 0.4) is 0 Å². The molecule has 1 atom stereocenters. The van der Waals surface area contributed by atoms with E-state index < -0.39 is 0 Å². The van der Waals surface area contributed by atoms with E-state index in [1.165, 1.54) is 10.4 Å². The Kier molecular flexibility index (Phi) is 4.68. The van der Waals surface area contributed by atoms with Crippen LogP contribution in [0.2, 0.25) is 0 Å². The molecule has 2 aromatic rings. The SMILES string of the molecule is CC(O)C1CCN(Cc2cnc(-c3ccccc3)s2)CC1. The molecule has 0 radical (unpaired) electrons. The Morgan fingerprint density at radius 2 is 2.00 bits per heavy atom. The molecule has 0 bridgehead atoms. The second-order valence-corrected chi connectivity index (χ2v) is 6.97. The first kappa shape index (κ1) is 14.7. The zero-order valence-electron chi connectivity index (χ0n) is 12.4. The third kappa shape index (κ3) is 3.70. The molecule has 1 unspecified atom stereocenters. The molecule has 3 rings (SSSR count). The molecule has 2 heterocycles. The molecule has 112 valence electrons. The maximum atomic E-state index is 9.66. The van der Waals surface area contributed by atoms with Gasteiger partial charge in [-0.25, -0.2) is 4.98 Å². The first-order chi connectivity index (χ1) is 10.2. The van der Waals surface area contributed by atoms with Crippen LogP contribution in [0.1, 0.15) is 24.6 Å². The Balaban J connectivity index is 1.59. The van der Waals surface area contributed by atoms with Gasteiger partial charge in [0.05, 0.1) is 6.10 Å². The number of piperidine rings is 1. The van der Waals surface area contributed by atoms with Crippen LogP contribution in [-0.2, 0) is 6.54 Å². The van der Waals surface area contributed by atoms with Crippen molar-refractivity contribution in [1.82, 2.24) is 9.88 Å². The van der Waals surface area contributed by atoms with Crippen LogP contribution in [0.5, 0.6) is 0 Å². The third-order valence-electron chi connectivity index (χ3n) is 4.27. The molecular weight excluding hydrogens is 280 g/mol. The van der Waals surface area contributed by atoms with Gasteiger partial charge in [0.2, 0.25) is 0 Å². The summed E-state index contributed by atoms with van der Waals surface area (Å²) in [6, 6.07) is 10.4. The van der Waals surface area contributed by atoms with E-state index in [-0.39, 0.29) is 6.10 Å². The highest BCUT2D eigenvalue weighted by Crippen LogP contribution is 2.27. The molecule has 1 aliphatic rings. The summed E-state index contributed by atoms with van der Waals surface area (Å²) in [5.74, 6) is 0.475. The standard InChI is InChI=1S/C17H22N2OS/c1-13(20)14-7-9-19(10-8-14)12-16-11-18-17(21-16)15-5-3-2-4-6-15/h2-6,11,13-14,20H,7-10,12H2,1H3. The zero-order chi connectivity index (χ0) is 14.7. The smallest absolute Gasteiger partial charge is 0.123 e. The van der Waals surface area contributed by atoms with Crippen molar-refractivity contribution in [3.63, 3.8) is 0 Å². The summed E-state index contributed by atoms with van der Waals surface area (Å²) in [7, 11) is 0. The summed E-state index contributed by atoms with van der Waals surface area (Å²) < 4.78 is 0. The van der Waals surface area contributed by atoms with E-state index in [9.17, 15) is 5.11 Å². The number of hydrogen-bond donors (Lipinski definition) is 1. The second-order valence-electron chi connectivity index (χ2n) is 5.85. The fourth-order valence-corrected chi connectivity index (χ4v) is 3.87. The van der Waals surface area contributed by atoms with Gasteiger partial charge >= 0.3 is 0 Å². The van der Waals surface area contributed by atoms with E-state index in [1.807, 2.05) is 19.2 Å². The van der Waals surface area contributed by atoms with Gasteiger partial charge in [0.15, 0.2) is 0 Å². The van der Waals surface area contributed by atoms with Crippen molar-refractivity contribution in [2.75, 3.05) is 13.1 Å². The molecule has 1 fully saturated rings. The highest BCUT2D eigenvalue weighted by molar-refractivity contribution is 7.15. The average Bonchev–Trinajstić information content (AvgIpc) is 2.97. The monoisotopic (exact) mass is 302 g/mol. The van der Waals surface area contributed by atoms with Crippen LogP contribution < -0.4 is 0 Å². The van der Waals surface area contributed by atoms with Crippen LogP contribution in [0, 0.1) is 5.92 Å². The summed E-state index contributed by atoms with van der Waals surface area (Å²) in [4.78, 5) is 8.34. The van der Waals surface area contributed by atoms with Gasteiger partial charge in [0.1, 0.15) is 5.01 Å². The van der Waals surface area contributed by atoms with E-state index in [4.69, 9.17) is 0 Å². The quantitative estimate of drug-likeness (QED) is 0.940. The van der Waals surface area contributed by atoms with Crippen LogP contribution in [0.4, 0.5) is 0 Å². The summed E-state index contributed by atoms with van der Waals surface area (Å²) in [6.45, 7) is 5.05. The Hall–Kier alpha value is -1.23. The lowest BCUT2D eigenvalue weighted by Crippen LogP contribution is -2.36. The van der Waals surface area contributed by atoms with E-state index in [0.717, 1.165) is 37.5 Å². The lowest BCUT2D eigenvalue weighted by atomic mass is 9.92. The van der Waals surface area contributed by atoms with E-state index in [2.05, 4.69) is 34.1 Å². The number of likely N-dealkylation sites (tertiary alicyclic amines) is 1. The van der Waals surface area contributed by atoms with Gasteiger partial charge in [-0.3, -0.25) is 4.90 Å². The number of rotatable bonds is 4. The van der Waals surface area contributed by atoms with E-state index in [0.29, 0.717) is 5.92 Å². The van der Waals surface area contributed by atoms with Crippen molar-refractivity contribution in [2.24, 2.45) is 5.92 Å².